The van der Waals surface area contributed by atoms with Crippen LogP contribution in [0, 0.1) is 11.3 Å². The first-order chi connectivity index (χ1) is 11.3. The van der Waals surface area contributed by atoms with Crippen LogP contribution in [0.15, 0.2) is 59.2 Å². The summed E-state index contributed by atoms with van der Waals surface area (Å²) in [6.07, 6.45) is 1.53. The summed E-state index contributed by atoms with van der Waals surface area (Å²) in [5.41, 5.74) is 2.02. The maximum atomic E-state index is 9.11. The number of hydrogen-bond donors (Lipinski definition) is 2. The van der Waals surface area contributed by atoms with E-state index in [2.05, 4.69) is 47.8 Å². The van der Waals surface area contributed by atoms with Crippen molar-refractivity contribution in [2.75, 3.05) is 10.6 Å². The number of para-hydroxylation sites is 2. The molecule has 0 saturated heterocycles. The predicted molar refractivity (Wildman–Crippen MR) is 91.7 cm³/mol. The maximum absolute atomic E-state index is 9.11. The maximum Gasteiger partial charge on any atom is 0.249 e. The molecule has 0 aliphatic carbocycles. The molecule has 0 atom stereocenters. The van der Waals surface area contributed by atoms with Crippen molar-refractivity contribution in [2.24, 2.45) is 0 Å². The van der Waals surface area contributed by atoms with Crippen LogP contribution in [-0.2, 0) is 0 Å². The monoisotopic (exact) mass is 366 g/mol. The van der Waals surface area contributed by atoms with Gasteiger partial charge in [0, 0.05) is 4.47 Å². The van der Waals surface area contributed by atoms with Crippen LogP contribution < -0.4 is 10.6 Å². The van der Waals surface area contributed by atoms with Gasteiger partial charge in [0.05, 0.1) is 23.1 Å². The molecule has 2 N–H and O–H groups in total. The number of benzene rings is 2. The number of rotatable bonds is 4. The van der Waals surface area contributed by atoms with Gasteiger partial charge >= 0.3 is 0 Å². The lowest BCUT2D eigenvalue weighted by Gasteiger charge is -2.09. The number of nitrogens with zero attached hydrogens (tertiary/aromatic N) is 4. The summed E-state index contributed by atoms with van der Waals surface area (Å²) in [6.45, 7) is 0. The van der Waals surface area contributed by atoms with Crippen LogP contribution in [0.5, 0.6) is 0 Å². The molecule has 3 aromatic rings. The van der Waals surface area contributed by atoms with Crippen LogP contribution in [0.25, 0.3) is 0 Å². The first-order valence-corrected chi connectivity index (χ1v) is 7.53. The van der Waals surface area contributed by atoms with E-state index in [9.17, 15) is 0 Å². The van der Waals surface area contributed by atoms with E-state index in [0.29, 0.717) is 23.0 Å². The van der Waals surface area contributed by atoms with Crippen molar-refractivity contribution in [3.05, 3.63) is 64.8 Å². The third-order valence-electron chi connectivity index (χ3n) is 2.99. The summed E-state index contributed by atoms with van der Waals surface area (Å²) in [7, 11) is 0. The second-order valence-corrected chi connectivity index (χ2v) is 5.41. The largest absolute Gasteiger partial charge is 0.338 e. The number of nitrogens with one attached hydrogen (secondary N) is 2. The Balaban J connectivity index is 1.83. The molecule has 0 spiro atoms. The van der Waals surface area contributed by atoms with E-state index in [1.54, 1.807) is 18.2 Å². The van der Waals surface area contributed by atoms with Gasteiger partial charge in [0.2, 0.25) is 5.95 Å². The molecule has 0 saturated carbocycles. The molecule has 0 unspecified atom stereocenters. The highest BCUT2D eigenvalue weighted by atomic mass is 79.9. The second kappa shape index (κ2) is 6.85. The van der Waals surface area contributed by atoms with Crippen LogP contribution in [0.4, 0.5) is 23.1 Å². The number of nitriles is 1. The molecular formula is C16H11BrN6. The minimum atomic E-state index is 0.310. The molecule has 23 heavy (non-hydrogen) atoms. The average molecular weight is 367 g/mol. The highest BCUT2D eigenvalue weighted by Gasteiger charge is 2.06. The molecule has 0 bridgehead atoms. The summed E-state index contributed by atoms with van der Waals surface area (Å²) < 4.78 is 0.919. The Labute approximate surface area is 141 Å². The SMILES string of the molecule is N#Cc1ccccc1Nc1nncc(Nc2ccccc2Br)n1. The highest BCUT2D eigenvalue weighted by molar-refractivity contribution is 9.10. The van der Waals surface area contributed by atoms with Crippen LogP contribution in [0.3, 0.4) is 0 Å². The molecule has 0 aliphatic rings. The number of hydrogen-bond acceptors (Lipinski definition) is 6. The van der Waals surface area contributed by atoms with Gasteiger partial charge in [-0.15, -0.1) is 5.10 Å². The van der Waals surface area contributed by atoms with Crippen LogP contribution in [0.1, 0.15) is 5.56 Å². The van der Waals surface area contributed by atoms with E-state index >= 15 is 0 Å². The molecule has 112 valence electrons. The van der Waals surface area contributed by atoms with E-state index in [-0.39, 0.29) is 0 Å². The molecule has 6 nitrogen and oxygen atoms in total. The Kier molecular flexibility index (Phi) is 4.45. The third-order valence-corrected chi connectivity index (χ3v) is 3.68. The summed E-state index contributed by atoms with van der Waals surface area (Å²) in [5.74, 6) is 0.855. The van der Waals surface area contributed by atoms with Gasteiger partial charge in [0.1, 0.15) is 6.07 Å². The van der Waals surface area contributed by atoms with E-state index in [1.807, 2.05) is 30.3 Å². The number of halogens is 1. The van der Waals surface area contributed by atoms with Crippen LogP contribution in [-0.4, -0.2) is 15.2 Å². The van der Waals surface area contributed by atoms with Crippen LogP contribution >= 0.6 is 15.9 Å². The predicted octanol–water partition coefficient (Wildman–Crippen LogP) is 3.99. The van der Waals surface area contributed by atoms with Crippen molar-refractivity contribution in [3.8, 4) is 6.07 Å². The Hall–Kier alpha value is -2.98. The van der Waals surface area contributed by atoms with Crippen molar-refractivity contribution in [3.63, 3.8) is 0 Å². The zero-order chi connectivity index (χ0) is 16.1. The lowest BCUT2D eigenvalue weighted by Crippen LogP contribution is -2.03. The second-order valence-electron chi connectivity index (χ2n) is 4.55. The van der Waals surface area contributed by atoms with Gasteiger partial charge in [-0.25, -0.2) is 0 Å². The zero-order valence-corrected chi connectivity index (χ0v) is 13.4. The fourth-order valence-electron chi connectivity index (χ4n) is 1.93. The molecule has 2 aromatic carbocycles. The Morgan fingerprint density at radius 1 is 0.957 bits per heavy atom. The summed E-state index contributed by atoms with van der Waals surface area (Å²) in [6, 6.07) is 17.0. The molecule has 0 fully saturated rings. The fourth-order valence-corrected chi connectivity index (χ4v) is 2.31. The molecular weight excluding hydrogens is 356 g/mol. The molecule has 0 amide bonds. The zero-order valence-electron chi connectivity index (χ0n) is 11.9. The molecule has 1 aromatic heterocycles. The van der Waals surface area contributed by atoms with Gasteiger partial charge in [-0.1, -0.05) is 24.3 Å². The van der Waals surface area contributed by atoms with Crippen LogP contribution in [0.2, 0.25) is 0 Å². The van der Waals surface area contributed by atoms with E-state index < -0.39 is 0 Å². The number of anilines is 4. The van der Waals surface area contributed by atoms with Gasteiger partial charge in [-0.2, -0.15) is 15.3 Å². The van der Waals surface area contributed by atoms with E-state index in [4.69, 9.17) is 5.26 Å². The smallest absolute Gasteiger partial charge is 0.249 e. The quantitative estimate of drug-likeness (QED) is 0.725. The van der Waals surface area contributed by atoms with Crippen molar-refractivity contribution in [1.29, 1.82) is 5.26 Å². The van der Waals surface area contributed by atoms with Gasteiger partial charge in [-0.3, -0.25) is 0 Å². The number of aromatic nitrogens is 3. The highest BCUT2D eigenvalue weighted by Crippen LogP contribution is 2.24. The van der Waals surface area contributed by atoms with Gasteiger partial charge in [0.15, 0.2) is 5.82 Å². The standard InChI is InChI=1S/C16H11BrN6/c17-12-6-2-4-8-14(12)20-15-10-19-23-16(22-15)21-13-7-3-1-5-11(13)9-18/h1-8,10H,(H2,20,21,22,23). The van der Waals surface area contributed by atoms with Crippen molar-refractivity contribution in [1.82, 2.24) is 15.2 Å². The summed E-state index contributed by atoms with van der Waals surface area (Å²) in [5, 5.41) is 23.1. The lowest BCUT2D eigenvalue weighted by molar-refractivity contribution is 0.982. The van der Waals surface area contributed by atoms with E-state index in [1.165, 1.54) is 6.20 Å². The summed E-state index contributed by atoms with van der Waals surface area (Å²) >= 11 is 3.47. The van der Waals surface area contributed by atoms with Gasteiger partial charge < -0.3 is 10.6 Å². The normalized spacial score (nSPS) is 9.91. The lowest BCUT2D eigenvalue weighted by atomic mass is 10.2. The Morgan fingerprint density at radius 2 is 1.70 bits per heavy atom. The Morgan fingerprint density at radius 3 is 2.48 bits per heavy atom. The summed E-state index contributed by atoms with van der Waals surface area (Å²) in [4.78, 5) is 4.35. The molecule has 1 heterocycles. The molecule has 0 aliphatic heterocycles. The van der Waals surface area contributed by atoms with Crippen molar-refractivity contribution in [2.45, 2.75) is 0 Å². The third kappa shape index (κ3) is 3.62. The van der Waals surface area contributed by atoms with Crippen molar-refractivity contribution >= 4 is 39.1 Å². The minimum Gasteiger partial charge on any atom is -0.338 e. The van der Waals surface area contributed by atoms with Crippen molar-refractivity contribution < 1.29 is 0 Å². The Bertz CT molecular complexity index is 874. The first kappa shape index (κ1) is 14.9. The van der Waals surface area contributed by atoms with E-state index in [0.717, 1.165) is 10.2 Å². The average Bonchev–Trinajstić information content (AvgIpc) is 2.58. The van der Waals surface area contributed by atoms with Gasteiger partial charge in [0.25, 0.3) is 0 Å². The minimum absolute atomic E-state index is 0.310. The first-order valence-electron chi connectivity index (χ1n) is 6.73. The van der Waals surface area contributed by atoms with Gasteiger partial charge in [-0.05, 0) is 40.2 Å². The molecule has 7 heteroatoms. The fraction of sp³-hybridized carbons (Fsp3) is 0. The molecule has 0 radical (unpaired) electrons. The molecule has 3 rings (SSSR count). The topological polar surface area (TPSA) is 86.5 Å².